The Balaban J connectivity index is 1.79. The molecule has 0 amide bonds. The molecule has 1 aromatic carbocycles. The van der Waals surface area contributed by atoms with Gasteiger partial charge < -0.3 is 15.2 Å². The minimum Gasteiger partial charge on any atom is -0.380 e. The van der Waals surface area contributed by atoms with E-state index >= 15 is 0 Å². The van der Waals surface area contributed by atoms with Crippen LogP contribution in [0.2, 0.25) is 5.02 Å². The monoisotopic (exact) mass is 550 g/mol. The van der Waals surface area contributed by atoms with E-state index in [-0.39, 0.29) is 23.4 Å². The number of hydrogen-bond donors (Lipinski definition) is 2. The molecule has 3 heterocycles. The number of nitrogens with one attached hydrogen (secondary N) is 2. The van der Waals surface area contributed by atoms with Crippen molar-refractivity contribution in [3.05, 3.63) is 87.6 Å². The van der Waals surface area contributed by atoms with Gasteiger partial charge in [-0.1, -0.05) is 60.3 Å². The van der Waals surface area contributed by atoms with Crippen molar-refractivity contribution >= 4 is 46.0 Å². The standard InChI is InChI=1S/C28H31ClN6O2S/c1-5-6-7-10-17(2)32-21(15-19-11-8-12-20(29)23(19)18(3)36)22-13-9-14-35(22)26-24-25(30-16-31-27(24)37)33-28(34-26)38-4/h5-8,10-12,16,21-22,32H,2,9,13-15H2,1,3-4H3,(H,30,31,33,34,37)/b6-5-,10-7-. The van der Waals surface area contributed by atoms with Gasteiger partial charge in [-0.25, -0.2) is 9.97 Å². The fourth-order valence-electron chi connectivity index (χ4n) is 4.94. The molecular formula is C28H31ClN6O2S. The summed E-state index contributed by atoms with van der Waals surface area (Å²) in [5.41, 5.74) is 2.21. The van der Waals surface area contributed by atoms with E-state index in [1.807, 2.05) is 49.6 Å². The summed E-state index contributed by atoms with van der Waals surface area (Å²) in [6.45, 7) is 8.41. The van der Waals surface area contributed by atoms with Crippen molar-refractivity contribution in [3.63, 3.8) is 0 Å². The van der Waals surface area contributed by atoms with Crippen LogP contribution in [0.15, 0.2) is 71.1 Å². The molecule has 1 saturated heterocycles. The van der Waals surface area contributed by atoms with Crippen molar-refractivity contribution < 1.29 is 4.79 Å². The van der Waals surface area contributed by atoms with Crippen LogP contribution in [0.4, 0.5) is 5.82 Å². The van der Waals surface area contributed by atoms with E-state index in [1.165, 1.54) is 25.0 Å². The van der Waals surface area contributed by atoms with Crippen LogP contribution >= 0.6 is 23.4 Å². The second kappa shape index (κ2) is 12.4. The zero-order chi connectivity index (χ0) is 27.2. The van der Waals surface area contributed by atoms with Crippen LogP contribution in [0.1, 0.15) is 42.6 Å². The highest BCUT2D eigenvalue weighted by molar-refractivity contribution is 7.98. The lowest BCUT2D eigenvalue weighted by Crippen LogP contribution is -2.48. The molecule has 10 heteroatoms. The summed E-state index contributed by atoms with van der Waals surface area (Å²) in [6, 6.07) is 5.34. The largest absolute Gasteiger partial charge is 0.380 e. The summed E-state index contributed by atoms with van der Waals surface area (Å²) in [5, 5.41) is 4.96. The van der Waals surface area contributed by atoms with Gasteiger partial charge in [0.25, 0.3) is 5.56 Å². The number of hydrogen-bond acceptors (Lipinski definition) is 8. The van der Waals surface area contributed by atoms with E-state index in [1.54, 1.807) is 6.07 Å². The molecule has 2 unspecified atom stereocenters. The van der Waals surface area contributed by atoms with E-state index < -0.39 is 0 Å². The number of aromatic nitrogens is 4. The number of thioether (sulfide) groups is 1. The average molecular weight is 551 g/mol. The van der Waals surface area contributed by atoms with Crippen LogP contribution in [0.3, 0.4) is 0 Å². The first kappa shape index (κ1) is 27.6. The van der Waals surface area contributed by atoms with Crippen LogP contribution in [0.25, 0.3) is 11.0 Å². The minimum absolute atomic E-state index is 0.0481. The van der Waals surface area contributed by atoms with Crippen molar-refractivity contribution in [1.29, 1.82) is 0 Å². The molecule has 4 rings (SSSR count). The van der Waals surface area contributed by atoms with Crippen LogP contribution in [-0.4, -0.2) is 50.6 Å². The third kappa shape index (κ3) is 6.00. The summed E-state index contributed by atoms with van der Waals surface area (Å²) >= 11 is 7.86. The van der Waals surface area contributed by atoms with Gasteiger partial charge in [-0.05, 0) is 57.1 Å². The van der Waals surface area contributed by atoms with E-state index in [2.05, 4.69) is 31.7 Å². The van der Waals surface area contributed by atoms with E-state index in [4.69, 9.17) is 16.6 Å². The molecule has 1 aliphatic heterocycles. The lowest BCUT2D eigenvalue weighted by atomic mass is 9.93. The number of carbonyl (C=O) groups excluding carboxylic acids is 1. The molecule has 0 saturated carbocycles. The fraction of sp³-hybridized carbons (Fsp3) is 0.321. The zero-order valence-corrected chi connectivity index (χ0v) is 23.3. The summed E-state index contributed by atoms with van der Waals surface area (Å²) in [6.07, 6.45) is 13.3. The average Bonchev–Trinajstić information content (AvgIpc) is 3.37. The predicted molar refractivity (Wildman–Crippen MR) is 155 cm³/mol. The molecule has 198 valence electrons. The van der Waals surface area contributed by atoms with Gasteiger partial charge >= 0.3 is 0 Å². The van der Waals surface area contributed by atoms with E-state index in [9.17, 15) is 9.59 Å². The molecule has 3 aromatic rings. The minimum atomic E-state index is -0.371. The van der Waals surface area contributed by atoms with Crippen molar-refractivity contribution in [3.8, 4) is 0 Å². The molecule has 1 aliphatic rings. The number of benzene rings is 1. The molecule has 8 nitrogen and oxygen atoms in total. The molecule has 2 atom stereocenters. The Morgan fingerprint density at radius 3 is 2.92 bits per heavy atom. The van der Waals surface area contributed by atoms with Crippen LogP contribution in [0, 0.1) is 0 Å². The second-order valence-corrected chi connectivity index (χ2v) is 10.2. The van der Waals surface area contributed by atoms with Gasteiger partial charge in [0, 0.05) is 17.8 Å². The smallest absolute Gasteiger partial charge is 0.285 e. The summed E-state index contributed by atoms with van der Waals surface area (Å²) in [5.74, 6) is 0.486. The number of Topliss-reactive ketones (excluding diaryl/α,β-unsaturated/α-hetero) is 1. The van der Waals surface area contributed by atoms with Crippen LogP contribution in [-0.2, 0) is 6.42 Å². The van der Waals surface area contributed by atoms with Crippen LogP contribution in [0.5, 0.6) is 0 Å². The SMILES string of the molecule is C=C(/C=C\C=C/C)NC(Cc1cccc(Cl)c1C(C)=O)C1CCCN1c1nc(SC)nc2[nH]cnc(=O)c12. The molecule has 2 N–H and O–H groups in total. The maximum atomic E-state index is 12.9. The molecule has 2 aromatic heterocycles. The molecule has 0 aliphatic carbocycles. The Bertz CT molecular complexity index is 1470. The second-order valence-electron chi connectivity index (χ2n) is 9.06. The topological polar surface area (TPSA) is 104 Å². The third-order valence-corrected chi connectivity index (χ3v) is 7.41. The number of aromatic amines is 1. The maximum Gasteiger partial charge on any atom is 0.285 e. The molecule has 0 spiro atoms. The Hall–Kier alpha value is -3.43. The normalized spacial score (nSPS) is 16.5. The zero-order valence-electron chi connectivity index (χ0n) is 21.7. The number of allylic oxidation sites excluding steroid dienone is 4. The lowest BCUT2D eigenvalue weighted by molar-refractivity contribution is 0.101. The summed E-state index contributed by atoms with van der Waals surface area (Å²) in [7, 11) is 0. The third-order valence-electron chi connectivity index (χ3n) is 6.55. The lowest BCUT2D eigenvalue weighted by Gasteiger charge is -2.34. The van der Waals surface area contributed by atoms with Gasteiger partial charge in [-0.2, -0.15) is 4.98 Å². The van der Waals surface area contributed by atoms with Crippen molar-refractivity contribution in [2.45, 2.75) is 50.4 Å². The number of fused-ring (bicyclic) bond motifs is 1. The van der Waals surface area contributed by atoms with E-state index in [0.29, 0.717) is 45.6 Å². The van der Waals surface area contributed by atoms with Gasteiger partial charge in [0.1, 0.15) is 11.2 Å². The highest BCUT2D eigenvalue weighted by atomic mass is 35.5. The fourth-order valence-corrected chi connectivity index (χ4v) is 5.63. The van der Waals surface area contributed by atoms with Gasteiger partial charge in [0.05, 0.1) is 23.4 Å². The first-order valence-electron chi connectivity index (χ1n) is 12.4. The molecule has 0 bridgehead atoms. The highest BCUT2D eigenvalue weighted by Crippen LogP contribution is 2.33. The first-order valence-corrected chi connectivity index (χ1v) is 14.0. The number of nitrogens with zero attached hydrogens (tertiary/aromatic N) is 4. The van der Waals surface area contributed by atoms with Crippen LogP contribution < -0.4 is 15.8 Å². The first-order chi connectivity index (χ1) is 18.3. The predicted octanol–water partition coefficient (Wildman–Crippen LogP) is 5.11. The van der Waals surface area contributed by atoms with Gasteiger partial charge in [0.2, 0.25) is 0 Å². The number of ketones is 1. The number of carbonyl (C=O) groups is 1. The Kier molecular flexibility index (Phi) is 9.01. The quantitative estimate of drug-likeness (QED) is 0.155. The molecule has 38 heavy (non-hydrogen) atoms. The van der Waals surface area contributed by atoms with Gasteiger partial charge in [-0.3, -0.25) is 9.59 Å². The number of rotatable bonds is 10. The highest BCUT2D eigenvalue weighted by Gasteiger charge is 2.35. The summed E-state index contributed by atoms with van der Waals surface area (Å²) in [4.78, 5) is 43.7. The maximum absolute atomic E-state index is 12.9. The van der Waals surface area contributed by atoms with Crippen molar-refractivity contribution in [2.75, 3.05) is 17.7 Å². The number of anilines is 1. The number of halogens is 1. The van der Waals surface area contributed by atoms with Crippen molar-refractivity contribution in [1.82, 2.24) is 25.3 Å². The molecule has 1 fully saturated rings. The molecular weight excluding hydrogens is 520 g/mol. The van der Waals surface area contributed by atoms with Gasteiger partial charge in [0.15, 0.2) is 16.6 Å². The molecule has 0 radical (unpaired) electrons. The van der Waals surface area contributed by atoms with Crippen molar-refractivity contribution in [2.24, 2.45) is 0 Å². The van der Waals surface area contributed by atoms with Gasteiger partial charge in [-0.15, -0.1) is 0 Å². The Labute approximate surface area is 231 Å². The summed E-state index contributed by atoms with van der Waals surface area (Å²) < 4.78 is 0. The number of H-pyrrole nitrogens is 1. The van der Waals surface area contributed by atoms with E-state index in [0.717, 1.165) is 24.1 Å². The Morgan fingerprint density at radius 2 is 2.18 bits per heavy atom. The Morgan fingerprint density at radius 1 is 1.37 bits per heavy atom.